The Labute approximate surface area is 136 Å². The van der Waals surface area contributed by atoms with Crippen LogP contribution in [0.4, 0.5) is 0 Å². The highest BCUT2D eigenvalue weighted by Crippen LogP contribution is 2.32. The summed E-state index contributed by atoms with van der Waals surface area (Å²) in [5.74, 6) is 0. The van der Waals surface area contributed by atoms with Crippen LogP contribution < -0.4 is 5.56 Å². The van der Waals surface area contributed by atoms with Gasteiger partial charge < -0.3 is 0 Å². The van der Waals surface area contributed by atoms with E-state index in [0.29, 0.717) is 0 Å². The van der Waals surface area contributed by atoms with E-state index in [0.717, 1.165) is 56.4 Å². The maximum atomic E-state index is 13.3. The summed E-state index contributed by atoms with van der Waals surface area (Å²) >= 11 is 0. The van der Waals surface area contributed by atoms with Gasteiger partial charge in [-0.25, -0.2) is 0 Å². The van der Waals surface area contributed by atoms with Crippen molar-refractivity contribution in [3.05, 3.63) is 27.7 Å². The first-order valence-corrected chi connectivity index (χ1v) is 9.04. The Morgan fingerprint density at radius 2 is 2.00 bits per heavy atom. The van der Waals surface area contributed by atoms with Crippen LogP contribution in [0.5, 0.6) is 0 Å². The van der Waals surface area contributed by atoms with Gasteiger partial charge in [-0.3, -0.25) is 18.9 Å². The summed E-state index contributed by atoms with van der Waals surface area (Å²) in [6, 6.07) is 0. The first-order chi connectivity index (χ1) is 11.2. The summed E-state index contributed by atoms with van der Waals surface area (Å²) in [6.07, 6.45) is 9.82. The van der Waals surface area contributed by atoms with Crippen LogP contribution in [0.15, 0.2) is 11.0 Å². The van der Waals surface area contributed by atoms with E-state index >= 15 is 0 Å². The monoisotopic (exact) mass is 314 g/mol. The topological polar surface area (TPSA) is 43.1 Å². The Hall–Kier alpha value is -1.62. The molecule has 1 atom stereocenters. The molecule has 1 saturated heterocycles. The molecule has 23 heavy (non-hydrogen) atoms. The van der Waals surface area contributed by atoms with Crippen molar-refractivity contribution in [3.8, 4) is 0 Å². The van der Waals surface area contributed by atoms with Gasteiger partial charge >= 0.3 is 0 Å². The molecule has 2 aliphatic rings. The van der Waals surface area contributed by atoms with Crippen LogP contribution in [0.2, 0.25) is 0 Å². The lowest BCUT2D eigenvalue weighted by Gasteiger charge is -2.28. The molecule has 1 aliphatic heterocycles. The Kier molecular flexibility index (Phi) is 3.76. The van der Waals surface area contributed by atoms with Crippen LogP contribution >= 0.6 is 0 Å². The Bertz CT molecular complexity index is 788. The molecular formula is C18H26N4O. The molecule has 2 aromatic rings. The van der Waals surface area contributed by atoms with Gasteiger partial charge in [0.25, 0.3) is 5.56 Å². The van der Waals surface area contributed by atoms with Crippen LogP contribution in [0, 0.1) is 0 Å². The van der Waals surface area contributed by atoms with Gasteiger partial charge in [-0.15, -0.1) is 0 Å². The third kappa shape index (κ3) is 2.24. The van der Waals surface area contributed by atoms with Crippen molar-refractivity contribution in [2.24, 2.45) is 7.05 Å². The number of rotatable bonds is 3. The Balaban J connectivity index is 1.97. The molecule has 5 nitrogen and oxygen atoms in total. The molecule has 0 radical (unpaired) electrons. The van der Waals surface area contributed by atoms with Gasteiger partial charge in [0.1, 0.15) is 5.65 Å². The number of aromatic nitrogens is 3. The van der Waals surface area contributed by atoms with E-state index < -0.39 is 0 Å². The Morgan fingerprint density at radius 3 is 2.78 bits per heavy atom. The molecule has 2 aromatic heterocycles. The Morgan fingerprint density at radius 1 is 1.22 bits per heavy atom. The van der Waals surface area contributed by atoms with E-state index in [1.165, 1.54) is 23.8 Å². The van der Waals surface area contributed by atoms with Crippen molar-refractivity contribution in [2.45, 2.75) is 58.0 Å². The fourth-order valence-electron chi connectivity index (χ4n) is 4.54. The number of fused-ring (bicyclic) bond motifs is 3. The van der Waals surface area contributed by atoms with E-state index in [2.05, 4.69) is 21.5 Å². The predicted molar refractivity (Wildman–Crippen MR) is 91.8 cm³/mol. The molecule has 0 saturated carbocycles. The van der Waals surface area contributed by atoms with Crippen molar-refractivity contribution in [1.29, 1.82) is 0 Å². The highest BCUT2D eigenvalue weighted by Gasteiger charge is 2.31. The molecule has 0 unspecified atom stereocenters. The van der Waals surface area contributed by atoms with Gasteiger partial charge in [0.15, 0.2) is 0 Å². The molecule has 4 rings (SSSR count). The van der Waals surface area contributed by atoms with E-state index in [-0.39, 0.29) is 11.7 Å². The molecule has 1 aliphatic carbocycles. The average molecular weight is 314 g/mol. The first-order valence-electron chi connectivity index (χ1n) is 9.04. The third-order valence-corrected chi connectivity index (χ3v) is 5.54. The second-order valence-corrected chi connectivity index (χ2v) is 7.00. The smallest absolute Gasteiger partial charge is 0.257 e. The van der Waals surface area contributed by atoms with Gasteiger partial charge in [0.2, 0.25) is 0 Å². The summed E-state index contributed by atoms with van der Waals surface area (Å²) in [4.78, 5) is 15.8. The van der Waals surface area contributed by atoms with E-state index in [1.54, 1.807) is 0 Å². The summed E-state index contributed by atoms with van der Waals surface area (Å²) in [7, 11) is 1.96. The minimum atomic E-state index is 0.201. The zero-order chi connectivity index (χ0) is 16.0. The summed E-state index contributed by atoms with van der Waals surface area (Å²) < 4.78 is 3.96. The van der Waals surface area contributed by atoms with Crippen LogP contribution in [0.1, 0.15) is 56.3 Å². The maximum Gasteiger partial charge on any atom is 0.257 e. The highest BCUT2D eigenvalue weighted by molar-refractivity contribution is 5.80. The number of likely N-dealkylation sites (tertiary alicyclic amines) is 1. The fraction of sp³-hybridized carbons (Fsp3) is 0.667. The minimum Gasteiger partial charge on any atom is -0.283 e. The van der Waals surface area contributed by atoms with E-state index in [1.807, 2.05) is 17.9 Å². The predicted octanol–water partition coefficient (Wildman–Crippen LogP) is 2.62. The normalized spacial score (nSPS) is 21.9. The number of aryl methyl sites for hydroxylation is 2. The highest BCUT2D eigenvalue weighted by atomic mass is 16.1. The maximum absolute atomic E-state index is 13.3. The molecular weight excluding hydrogens is 288 g/mol. The van der Waals surface area contributed by atoms with Gasteiger partial charge in [-0.1, -0.05) is 6.92 Å². The van der Waals surface area contributed by atoms with Gasteiger partial charge in [-0.05, 0) is 57.1 Å². The zero-order valence-electron chi connectivity index (χ0n) is 14.2. The number of pyridine rings is 1. The lowest BCUT2D eigenvalue weighted by Crippen LogP contribution is -2.37. The van der Waals surface area contributed by atoms with Crippen molar-refractivity contribution in [3.63, 3.8) is 0 Å². The molecule has 5 heteroatoms. The van der Waals surface area contributed by atoms with Gasteiger partial charge in [0.05, 0.1) is 12.4 Å². The van der Waals surface area contributed by atoms with Crippen LogP contribution in [-0.4, -0.2) is 32.3 Å². The molecule has 0 spiro atoms. The lowest BCUT2D eigenvalue weighted by molar-refractivity contribution is 0.192. The molecule has 1 fully saturated rings. The van der Waals surface area contributed by atoms with E-state index in [9.17, 15) is 4.79 Å². The fourth-order valence-corrected chi connectivity index (χ4v) is 4.54. The largest absolute Gasteiger partial charge is 0.283 e. The molecule has 3 heterocycles. The summed E-state index contributed by atoms with van der Waals surface area (Å²) in [5.41, 5.74) is 3.58. The molecule has 0 amide bonds. The zero-order valence-corrected chi connectivity index (χ0v) is 14.2. The average Bonchev–Trinajstić information content (AvgIpc) is 3.17. The summed E-state index contributed by atoms with van der Waals surface area (Å²) in [5, 5.41) is 5.69. The molecule has 0 aromatic carbocycles. The quantitative estimate of drug-likeness (QED) is 0.874. The summed E-state index contributed by atoms with van der Waals surface area (Å²) in [6.45, 7) is 4.37. The third-order valence-electron chi connectivity index (χ3n) is 5.54. The second kappa shape index (κ2) is 5.78. The number of nitrogens with zero attached hydrogens (tertiary/aromatic N) is 4. The van der Waals surface area contributed by atoms with Crippen LogP contribution in [0.25, 0.3) is 11.0 Å². The van der Waals surface area contributed by atoms with Crippen molar-refractivity contribution in [2.75, 3.05) is 13.1 Å². The van der Waals surface area contributed by atoms with Crippen molar-refractivity contribution < 1.29 is 0 Å². The van der Waals surface area contributed by atoms with Gasteiger partial charge in [-0.2, -0.15) is 5.10 Å². The standard InChI is InChI=1S/C18H26N4O/c1-3-10-21-11-6-9-16(21)22-17-15(12-19-20(17)2)13-7-4-5-8-14(13)18(22)23/h12,16H,3-11H2,1-2H3/t16-/m0/s1. The number of hydrogen-bond acceptors (Lipinski definition) is 3. The first kappa shape index (κ1) is 14.9. The second-order valence-electron chi connectivity index (χ2n) is 7.00. The van der Waals surface area contributed by atoms with E-state index in [4.69, 9.17) is 0 Å². The number of hydrogen-bond donors (Lipinski definition) is 0. The van der Waals surface area contributed by atoms with Crippen LogP contribution in [0.3, 0.4) is 0 Å². The van der Waals surface area contributed by atoms with Crippen molar-refractivity contribution in [1.82, 2.24) is 19.2 Å². The SMILES string of the molecule is CCCN1CCC[C@@H]1n1c(=O)c2c(c3cnn(C)c31)CCCC2. The minimum absolute atomic E-state index is 0.201. The van der Waals surface area contributed by atoms with Crippen LogP contribution in [-0.2, 0) is 19.9 Å². The molecule has 0 N–H and O–H groups in total. The molecule has 0 bridgehead atoms. The van der Waals surface area contributed by atoms with Crippen molar-refractivity contribution >= 4 is 11.0 Å². The lowest BCUT2D eigenvalue weighted by atomic mass is 9.91. The van der Waals surface area contributed by atoms with Gasteiger partial charge in [0, 0.05) is 24.5 Å². The molecule has 124 valence electrons.